The quantitative estimate of drug-likeness (QED) is 0.708. The van der Waals surface area contributed by atoms with Crippen LogP contribution in [0.2, 0.25) is 0 Å². The Kier molecular flexibility index (Phi) is 3.88. The van der Waals surface area contributed by atoms with Gasteiger partial charge < -0.3 is 9.64 Å². The number of carbonyl (C=O) groups is 1. The highest BCUT2D eigenvalue weighted by Crippen LogP contribution is 2.38. The summed E-state index contributed by atoms with van der Waals surface area (Å²) in [6.45, 7) is 2.60. The number of unbranched alkanes of at least 4 members (excludes halogenated alkanes) is 1. The molecule has 2 bridgehead atoms. The molecule has 0 aromatic carbocycles. The zero-order chi connectivity index (χ0) is 12.3. The first-order valence-electron chi connectivity index (χ1n) is 6.61. The van der Waals surface area contributed by atoms with Gasteiger partial charge >= 0.3 is 6.09 Å². The summed E-state index contributed by atoms with van der Waals surface area (Å²) in [7, 11) is 0. The molecule has 94 valence electrons. The third-order valence-corrected chi connectivity index (χ3v) is 3.85. The van der Waals surface area contributed by atoms with Crippen LogP contribution in [0, 0.1) is 17.2 Å². The highest BCUT2D eigenvalue weighted by atomic mass is 16.6. The summed E-state index contributed by atoms with van der Waals surface area (Å²) in [5, 5.41) is 8.97. The van der Waals surface area contributed by atoms with E-state index >= 15 is 0 Å². The Morgan fingerprint density at radius 2 is 2.06 bits per heavy atom. The van der Waals surface area contributed by atoms with Gasteiger partial charge in [0.15, 0.2) is 0 Å². The van der Waals surface area contributed by atoms with E-state index < -0.39 is 0 Å². The van der Waals surface area contributed by atoms with E-state index in [4.69, 9.17) is 10.00 Å². The lowest BCUT2D eigenvalue weighted by Gasteiger charge is -2.35. The van der Waals surface area contributed by atoms with Crippen molar-refractivity contribution in [3.05, 3.63) is 0 Å². The average Bonchev–Trinajstić information content (AvgIpc) is 2.60. The zero-order valence-corrected chi connectivity index (χ0v) is 10.4. The second-order valence-electron chi connectivity index (χ2n) is 5.06. The zero-order valence-electron chi connectivity index (χ0n) is 10.4. The summed E-state index contributed by atoms with van der Waals surface area (Å²) in [5.74, 6) is 0.132. The van der Waals surface area contributed by atoms with Gasteiger partial charge in [-0.25, -0.2) is 4.79 Å². The van der Waals surface area contributed by atoms with E-state index in [0.29, 0.717) is 6.61 Å². The van der Waals surface area contributed by atoms with Gasteiger partial charge in [0.05, 0.1) is 18.6 Å². The summed E-state index contributed by atoms with van der Waals surface area (Å²) < 4.78 is 5.28. The van der Waals surface area contributed by atoms with E-state index in [-0.39, 0.29) is 24.1 Å². The van der Waals surface area contributed by atoms with Crippen molar-refractivity contribution >= 4 is 6.09 Å². The molecule has 2 saturated heterocycles. The number of ether oxygens (including phenoxy) is 1. The maximum atomic E-state index is 11.9. The molecule has 4 heteroatoms. The van der Waals surface area contributed by atoms with Gasteiger partial charge in [-0.15, -0.1) is 0 Å². The molecule has 0 spiro atoms. The van der Waals surface area contributed by atoms with Crippen molar-refractivity contribution in [1.29, 1.82) is 5.26 Å². The van der Waals surface area contributed by atoms with Crippen LogP contribution < -0.4 is 0 Å². The maximum absolute atomic E-state index is 11.9. The SMILES string of the molecule is CCCCOC(=O)N1C2CCC1CC(C#N)C2. The highest BCUT2D eigenvalue weighted by Gasteiger charge is 2.43. The molecule has 0 aromatic heterocycles. The van der Waals surface area contributed by atoms with Crippen LogP contribution in [-0.4, -0.2) is 29.7 Å². The Morgan fingerprint density at radius 3 is 2.59 bits per heavy atom. The van der Waals surface area contributed by atoms with Gasteiger partial charge in [0, 0.05) is 12.1 Å². The smallest absolute Gasteiger partial charge is 0.410 e. The number of piperidine rings is 1. The predicted octanol–water partition coefficient (Wildman–Crippen LogP) is 2.69. The van der Waals surface area contributed by atoms with Crippen molar-refractivity contribution in [3.8, 4) is 6.07 Å². The number of rotatable bonds is 3. The van der Waals surface area contributed by atoms with Crippen molar-refractivity contribution in [3.63, 3.8) is 0 Å². The molecule has 17 heavy (non-hydrogen) atoms. The van der Waals surface area contributed by atoms with E-state index in [1.807, 2.05) is 4.90 Å². The van der Waals surface area contributed by atoms with Crippen LogP contribution in [0.5, 0.6) is 0 Å². The van der Waals surface area contributed by atoms with Crippen LogP contribution in [0.1, 0.15) is 45.4 Å². The summed E-state index contributed by atoms with van der Waals surface area (Å²) in [6.07, 6.45) is 5.53. The van der Waals surface area contributed by atoms with Crippen molar-refractivity contribution in [2.45, 2.75) is 57.5 Å². The fraction of sp³-hybridized carbons (Fsp3) is 0.846. The largest absolute Gasteiger partial charge is 0.449 e. The minimum atomic E-state index is -0.165. The molecule has 0 aliphatic carbocycles. The van der Waals surface area contributed by atoms with E-state index in [0.717, 1.165) is 38.5 Å². The summed E-state index contributed by atoms with van der Waals surface area (Å²) >= 11 is 0. The van der Waals surface area contributed by atoms with E-state index in [2.05, 4.69) is 13.0 Å². The van der Waals surface area contributed by atoms with Crippen molar-refractivity contribution < 1.29 is 9.53 Å². The number of hydrogen-bond acceptors (Lipinski definition) is 3. The first-order valence-corrected chi connectivity index (χ1v) is 6.61. The number of fused-ring (bicyclic) bond motifs is 2. The molecule has 0 radical (unpaired) electrons. The number of hydrogen-bond donors (Lipinski definition) is 0. The lowest BCUT2D eigenvalue weighted by molar-refractivity contribution is 0.0627. The first kappa shape index (κ1) is 12.2. The Morgan fingerprint density at radius 1 is 1.41 bits per heavy atom. The number of amides is 1. The van der Waals surface area contributed by atoms with Crippen LogP contribution in [0.4, 0.5) is 4.79 Å². The molecular weight excluding hydrogens is 216 g/mol. The summed E-state index contributed by atoms with van der Waals surface area (Å²) in [6, 6.07) is 2.82. The lowest BCUT2D eigenvalue weighted by Crippen LogP contribution is -2.46. The third-order valence-electron chi connectivity index (χ3n) is 3.85. The monoisotopic (exact) mass is 236 g/mol. The highest BCUT2D eigenvalue weighted by molar-refractivity contribution is 5.69. The molecule has 0 saturated carbocycles. The number of nitriles is 1. The molecule has 2 rings (SSSR count). The molecule has 2 aliphatic heterocycles. The Labute approximate surface area is 103 Å². The minimum absolute atomic E-state index is 0.132. The fourth-order valence-electron chi connectivity index (χ4n) is 2.96. The summed E-state index contributed by atoms with van der Waals surface area (Å²) in [4.78, 5) is 13.8. The van der Waals surface area contributed by atoms with Crippen LogP contribution in [-0.2, 0) is 4.74 Å². The van der Waals surface area contributed by atoms with Crippen molar-refractivity contribution in [2.75, 3.05) is 6.61 Å². The van der Waals surface area contributed by atoms with Gasteiger partial charge in [-0.1, -0.05) is 13.3 Å². The maximum Gasteiger partial charge on any atom is 0.410 e. The molecule has 2 heterocycles. The molecule has 2 aliphatic rings. The summed E-state index contributed by atoms with van der Waals surface area (Å²) in [5.41, 5.74) is 0. The van der Waals surface area contributed by atoms with Crippen molar-refractivity contribution in [2.24, 2.45) is 5.92 Å². The van der Waals surface area contributed by atoms with Gasteiger partial charge in [0.25, 0.3) is 0 Å². The lowest BCUT2D eigenvalue weighted by atomic mass is 9.92. The molecule has 0 aromatic rings. The van der Waals surface area contributed by atoms with Gasteiger partial charge in [0.1, 0.15) is 0 Å². The number of nitrogens with zero attached hydrogens (tertiary/aromatic N) is 2. The Balaban J connectivity index is 1.90. The van der Waals surface area contributed by atoms with E-state index in [1.54, 1.807) is 0 Å². The Bertz CT molecular complexity index is 310. The van der Waals surface area contributed by atoms with Crippen molar-refractivity contribution in [1.82, 2.24) is 4.90 Å². The van der Waals surface area contributed by atoms with Gasteiger partial charge in [-0.2, -0.15) is 5.26 Å². The normalized spacial score (nSPS) is 31.1. The standard InChI is InChI=1S/C13H20N2O2/c1-2-3-6-17-13(16)15-11-4-5-12(15)8-10(7-11)9-14/h10-12H,2-8H2,1H3. The second-order valence-corrected chi connectivity index (χ2v) is 5.06. The van der Waals surface area contributed by atoms with Gasteiger partial charge in [-0.05, 0) is 32.1 Å². The van der Waals surface area contributed by atoms with Crippen LogP contribution in [0.3, 0.4) is 0 Å². The minimum Gasteiger partial charge on any atom is -0.449 e. The van der Waals surface area contributed by atoms with Crippen LogP contribution >= 0.6 is 0 Å². The van der Waals surface area contributed by atoms with E-state index in [1.165, 1.54) is 0 Å². The molecular formula is C13H20N2O2. The fourth-order valence-corrected chi connectivity index (χ4v) is 2.96. The molecule has 0 N–H and O–H groups in total. The van der Waals surface area contributed by atoms with E-state index in [9.17, 15) is 4.79 Å². The Hall–Kier alpha value is -1.24. The first-order chi connectivity index (χ1) is 8.26. The average molecular weight is 236 g/mol. The number of carbonyl (C=O) groups excluding carboxylic acids is 1. The van der Waals surface area contributed by atoms with Crippen LogP contribution in [0.15, 0.2) is 0 Å². The second kappa shape index (κ2) is 5.39. The molecule has 2 fully saturated rings. The molecule has 2 unspecified atom stereocenters. The topological polar surface area (TPSA) is 53.3 Å². The van der Waals surface area contributed by atoms with Gasteiger partial charge in [-0.3, -0.25) is 0 Å². The molecule has 1 amide bonds. The molecule has 4 nitrogen and oxygen atoms in total. The molecule has 2 atom stereocenters. The third kappa shape index (κ3) is 2.54. The van der Waals surface area contributed by atoms with Gasteiger partial charge in [0.2, 0.25) is 0 Å². The predicted molar refractivity (Wildman–Crippen MR) is 63.2 cm³/mol. The van der Waals surface area contributed by atoms with Crippen LogP contribution in [0.25, 0.3) is 0 Å².